The van der Waals surface area contributed by atoms with Crippen molar-refractivity contribution in [2.45, 2.75) is 39.0 Å². The minimum absolute atomic E-state index is 0.0217. The van der Waals surface area contributed by atoms with Crippen LogP contribution >= 0.6 is 0 Å². The lowest BCUT2D eigenvalue weighted by Gasteiger charge is -2.14. The van der Waals surface area contributed by atoms with Crippen LogP contribution in [0.4, 0.5) is 0 Å². The van der Waals surface area contributed by atoms with E-state index in [-0.39, 0.29) is 5.91 Å². The number of carbonyl (C=O) groups is 1. The van der Waals surface area contributed by atoms with Gasteiger partial charge in [-0.1, -0.05) is 19.4 Å². The van der Waals surface area contributed by atoms with Crippen LogP contribution in [-0.2, 0) is 9.53 Å². The first-order valence-corrected chi connectivity index (χ1v) is 6.61. The lowest BCUT2D eigenvalue weighted by atomic mass is 10.0. The minimum atomic E-state index is -0.0217. The first-order chi connectivity index (χ1) is 8.74. The summed E-state index contributed by atoms with van der Waals surface area (Å²) in [5.41, 5.74) is 0. The summed E-state index contributed by atoms with van der Waals surface area (Å²) >= 11 is 0. The molecule has 0 spiro atoms. The number of allylic oxidation sites excluding steroid dienone is 1. The molecule has 0 aromatic heterocycles. The quantitative estimate of drug-likeness (QED) is 0.368. The van der Waals surface area contributed by atoms with Crippen LogP contribution in [0.15, 0.2) is 12.2 Å². The molecule has 3 heteroatoms. The number of hydrogen-bond donors (Lipinski definition) is 1. The van der Waals surface area contributed by atoms with Crippen molar-refractivity contribution >= 4 is 5.91 Å². The molecule has 0 heterocycles. The second kappa shape index (κ2) is 12.2. The fraction of sp³-hybridized carbons (Fsp3) is 0.667. The molecule has 18 heavy (non-hydrogen) atoms. The summed E-state index contributed by atoms with van der Waals surface area (Å²) in [5, 5.41) is 2.91. The van der Waals surface area contributed by atoms with E-state index in [1.807, 2.05) is 6.08 Å². The van der Waals surface area contributed by atoms with Gasteiger partial charge in [-0.05, 0) is 31.3 Å². The SMILES string of the molecule is C#CCCC/C=C/C(=O)NCC(CC)CCOC. The van der Waals surface area contributed by atoms with Crippen LogP contribution in [0, 0.1) is 18.3 Å². The monoisotopic (exact) mass is 251 g/mol. The van der Waals surface area contributed by atoms with Crippen molar-refractivity contribution in [3.05, 3.63) is 12.2 Å². The van der Waals surface area contributed by atoms with Crippen molar-refractivity contribution in [3.63, 3.8) is 0 Å². The standard InChI is InChI=1S/C15H25NO2/c1-4-6-7-8-9-10-15(17)16-13-14(5-2)11-12-18-3/h1,9-10,14H,5-8,11-13H2,2-3H3,(H,16,17)/b10-9+. The zero-order valence-corrected chi connectivity index (χ0v) is 11.6. The van der Waals surface area contributed by atoms with E-state index in [9.17, 15) is 4.79 Å². The van der Waals surface area contributed by atoms with Crippen molar-refractivity contribution in [2.24, 2.45) is 5.92 Å². The number of unbranched alkanes of at least 4 members (excludes halogenated alkanes) is 2. The molecule has 0 rings (SSSR count). The summed E-state index contributed by atoms with van der Waals surface area (Å²) in [4.78, 5) is 11.5. The smallest absolute Gasteiger partial charge is 0.243 e. The van der Waals surface area contributed by atoms with E-state index >= 15 is 0 Å². The van der Waals surface area contributed by atoms with Crippen molar-refractivity contribution < 1.29 is 9.53 Å². The normalized spacial score (nSPS) is 12.3. The molecule has 0 aromatic rings. The van der Waals surface area contributed by atoms with Crippen LogP contribution in [0.5, 0.6) is 0 Å². The molecule has 0 radical (unpaired) electrons. The number of methoxy groups -OCH3 is 1. The van der Waals surface area contributed by atoms with Gasteiger partial charge in [-0.2, -0.15) is 0 Å². The van der Waals surface area contributed by atoms with E-state index in [1.54, 1.807) is 13.2 Å². The van der Waals surface area contributed by atoms with Gasteiger partial charge in [0.15, 0.2) is 0 Å². The summed E-state index contributed by atoms with van der Waals surface area (Å²) in [6.07, 6.45) is 13.2. The first kappa shape index (κ1) is 16.7. The molecule has 0 aliphatic heterocycles. The van der Waals surface area contributed by atoms with Gasteiger partial charge in [0.1, 0.15) is 0 Å². The maximum Gasteiger partial charge on any atom is 0.243 e. The second-order valence-corrected chi connectivity index (χ2v) is 4.30. The van der Waals surface area contributed by atoms with Gasteiger partial charge >= 0.3 is 0 Å². The van der Waals surface area contributed by atoms with Crippen LogP contribution in [-0.4, -0.2) is 26.2 Å². The summed E-state index contributed by atoms with van der Waals surface area (Å²) in [6, 6.07) is 0. The number of carbonyl (C=O) groups excluding carboxylic acids is 1. The Morgan fingerprint density at radius 1 is 1.56 bits per heavy atom. The van der Waals surface area contributed by atoms with Crippen LogP contribution in [0.1, 0.15) is 39.0 Å². The molecule has 0 aromatic carbocycles. The molecule has 0 bridgehead atoms. The van der Waals surface area contributed by atoms with Gasteiger partial charge in [-0.25, -0.2) is 0 Å². The van der Waals surface area contributed by atoms with E-state index in [0.717, 1.165) is 38.7 Å². The molecule has 0 fully saturated rings. The third kappa shape index (κ3) is 9.92. The molecule has 0 aliphatic rings. The average molecular weight is 251 g/mol. The molecule has 0 saturated heterocycles. The first-order valence-electron chi connectivity index (χ1n) is 6.61. The van der Waals surface area contributed by atoms with E-state index in [1.165, 1.54) is 0 Å². The van der Waals surface area contributed by atoms with Gasteiger partial charge in [-0.15, -0.1) is 12.3 Å². The average Bonchev–Trinajstić information content (AvgIpc) is 2.39. The molecule has 102 valence electrons. The molecule has 1 amide bonds. The Bertz CT molecular complexity index is 279. The van der Waals surface area contributed by atoms with Gasteiger partial charge in [0.25, 0.3) is 0 Å². The van der Waals surface area contributed by atoms with E-state index in [0.29, 0.717) is 12.5 Å². The Labute approximate surface area is 111 Å². The Hall–Kier alpha value is -1.27. The molecular weight excluding hydrogens is 226 g/mol. The van der Waals surface area contributed by atoms with E-state index in [4.69, 9.17) is 11.2 Å². The highest BCUT2D eigenvalue weighted by Gasteiger charge is 2.06. The Morgan fingerprint density at radius 2 is 2.33 bits per heavy atom. The highest BCUT2D eigenvalue weighted by molar-refractivity contribution is 5.87. The topological polar surface area (TPSA) is 38.3 Å². The number of nitrogens with one attached hydrogen (secondary N) is 1. The van der Waals surface area contributed by atoms with Crippen molar-refractivity contribution in [1.82, 2.24) is 5.32 Å². The molecule has 0 aliphatic carbocycles. The predicted molar refractivity (Wildman–Crippen MR) is 75.1 cm³/mol. The van der Waals surface area contributed by atoms with Crippen LogP contribution in [0.3, 0.4) is 0 Å². The Balaban J connectivity index is 3.70. The van der Waals surface area contributed by atoms with Gasteiger partial charge in [0, 0.05) is 26.7 Å². The highest BCUT2D eigenvalue weighted by atomic mass is 16.5. The van der Waals surface area contributed by atoms with Gasteiger partial charge in [0.2, 0.25) is 5.91 Å². The maximum absolute atomic E-state index is 11.5. The van der Waals surface area contributed by atoms with Gasteiger partial charge < -0.3 is 10.1 Å². The fourth-order valence-corrected chi connectivity index (χ4v) is 1.55. The molecule has 1 unspecified atom stereocenters. The fourth-order valence-electron chi connectivity index (χ4n) is 1.55. The molecule has 1 atom stereocenters. The molecule has 3 nitrogen and oxygen atoms in total. The third-order valence-electron chi connectivity index (χ3n) is 2.83. The summed E-state index contributed by atoms with van der Waals surface area (Å²) in [7, 11) is 1.70. The Morgan fingerprint density at radius 3 is 2.94 bits per heavy atom. The van der Waals surface area contributed by atoms with Crippen molar-refractivity contribution in [1.29, 1.82) is 0 Å². The number of hydrogen-bond acceptors (Lipinski definition) is 2. The number of terminal acetylenes is 1. The summed E-state index contributed by atoms with van der Waals surface area (Å²) < 4.78 is 5.04. The number of amides is 1. The van der Waals surface area contributed by atoms with E-state index in [2.05, 4.69) is 18.2 Å². The largest absolute Gasteiger partial charge is 0.385 e. The summed E-state index contributed by atoms with van der Waals surface area (Å²) in [5.74, 6) is 3.04. The third-order valence-corrected chi connectivity index (χ3v) is 2.83. The zero-order valence-electron chi connectivity index (χ0n) is 11.6. The second-order valence-electron chi connectivity index (χ2n) is 4.30. The lowest BCUT2D eigenvalue weighted by Crippen LogP contribution is -2.28. The Kier molecular flexibility index (Phi) is 11.3. The van der Waals surface area contributed by atoms with Crippen LogP contribution < -0.4 is 5.32 Å². The van der Waals surface area contributed by atoms with Gasteiger partial charge in [0.05, 0.1) is 0 Å². The lowest BCUT2D eigenvalue weighted by molar-refractivity contribution is -0.116. The summed E-state index contributed by atoms with van der Waals surface area (Å²) in [6.45, 7) is 3.59. The number of rotatable bonds is 10. The van der Waals surface area contributed by atoms with E-state index < -0.39 is 0 Å². The maximum atomic E-state index is 11.5. The zero-order chi connectivity index (χ0) is 13.6. The van der Waals surface area contributed by atoms with Crippen LogP contribution in [0.25, 0.3) is 0 Å². The van der Waals surface area contributed by atoms with Crippen molar-refractivity contribution in [2.75, 3.05) is 20.3 Å². The molecule has 0 saturated carbocycles. The molecular formula is C15H25NO2. The minimum Gasteiger partial charge on any atom is -0.385 e. The van der Waals surface area contributed by atoms with Crippen molar-refractivity contribution in [3.8, 4) is 12.3 Å². The van der Waals surface area contributed by atoms with Crippen LogP contribution in [0.2, 0.25) is 0 Å². The predicted octanol–water partition coefficient (Wildman–Crippen LogP) is 2.53. The molecule has 1 N–H and O–H groups in total. The van der Waals surface area contributed by atoms with Gasteiger partial charge in [-0.3, -0.25) is 4.79 Å². The highest BCUT2D eigenvalue weighted by Crippen LogP contribution is 2.06. The number of ether oxygens (including phenoxy) is 1.